The molecule has 0 aliphatic heterocycles. The van der Waals surface area contributed by atoms with E-state index in [9.17, 15) is 4.79 Å². The lowest BCUT2D eigenvalue weighted by atomic mass is 10.2. The van der Waals surface area contributed by atoms with Crippen molar-refractivity contribution in [2.75, 3.05) is 27.3 Å². The van der Waals surface area contributed by atoms with Gasteiger partial charge in [0.25, 0.3) is 0 Å². The number of carbonyl (C=O) groups is 1. The van der Waals surface area contributed by atoms with Crippen LogP contribution in [-0.2, 0) is 17.9 Å². The first kappa shape index (κ1) is 24.5. The highest BCUT2D eigenvalue weighted by atomic mass is 127. The predicted octanol–water partition coefficient (Wildman–Crippen LogP) is 2.69. The first-order chi connectivity index (χ1) is 13.7. The molecular weight excluding hydrogens is 483 g/mol. The first-order valence-electron chi connectivity index (χ1n) is 9.20. The number of hydrogen-bond acceptors (Lipinski definition) is 4. The summed E-state index contributed by atoms with van der Waals surface area (Å²) in [6, 6.07) is 15.4. The molecule has 2 rings (SSSR count). The molecule has 0 bridgehead atoms. The Morgan fingerprint density at radius 3 is 2.41 bits per heavy atom. The molecule has 0 aliphatic rings. The lowest BCUT2D eigenvalue weighted by Crippen LogP contribution is -2.43. The number of carbonyl (C=O) groups excluding carboxylic acids is 1. The molecule has 1 amide bonds. The molecule has 0 spiro atoms. The largest absolute Gasteiger partial charge is 0.497 e. The summed E-state index contributed by atoms with van der Waals surface area (Å²) in [5.74, 6) is 1.90. The fourth-order valence-electron chi connectivity index (χ4n) is 2.51. The normalized spacial score (nSPS) is 10.5. The minimum Gasteiger partial charge on any atom is -0.497 e. The van der Waals surface area contributed by atoms with Crippen LogP contribution in [0.25, 0.3) is 0 Å². The summed E-state index contributed by atoms with van der Waals surface area (Å²) in [5.41, 5.74) is 1.98. The second kappa shape index (κ2) is 13.6. The van der Waals surface area contributed by atoms with E-state index in [0.29, 0.717) is 31.3 Å². The van der Waals surface area contributed by atoms with Crippen molar-refractivity contribution < 1.29 is 14.3 Å². The van der Waals surface area contributed by atoms with E-state index in [1.807, 2.05) is 55.5 Å². The summed E-state index contributed by atoms with van der Waals surface area (Å²) < 4.78 is 10.6. The monoisotopic (exact) mass is 512 g/mol. The van der Waals surface area contributed by atoms with Crippen LogP contribution in [0.2, 0.25) is 0 Å². The van der Waals surface area contributed by atoms with Gasteiger partial charge in [0.2, 0.25) is 5.91 Å². The van der Waals surface area contributed by atoms with Crippen LogP contribution in [0.1, 0.15) is 18.1 Å². The summed E-state index contributed by atoms with van der Waals surface area (Å²) in [6.45, 7) is 3.71. The van der Waals surface area contributed by atoms with E-state index >= 15 is 0 Å². The van der Waals surface area contributed by atoms with Crippen molar-refractivity contribution in [1.29, 1.82) is 0 Å². The zero-order valence-corrected chi connectivity index (χ0v) is 19.4. The Bertz CT molecular complexity index is 785. The predicted molar refractivity (Wildman–Crippen MR) is 126 cm³/mol. The zero-order chi connectivity index (χ0) is 20.2. The molecule has 0 radical (unpaired) electrons. The quantitative estimate of drug-likeness (QED) is 0.274. The Hall–Kier alpha value is -2.49. The second-order valence-corrected chi connectivity index (χ2v) is 5.99. The van der Waals surface area contributed by atoms with Gasteiger partial charge in [-0.2, -0.15) is 0 Å². The van der Waals surface area contributed by atoms with Gasteiger partial charge in [0.05, 0.1) is 27.3 Å². The van der Waals surface area contributed by atoms with Crippen LogP contribution in [0, 0.1) is 0 Å². The van der Waals surface area contributed by atoms with Gasteiger partial charge in [-0.25, -0.2) is 4.99 Å². The van der Waals surface area contributed by atoms with Crippen molar-refractivity contribution in [3.63, 3.8) is 0 Å². The van der Waals surface area contributed by atoms with E-state index in [0.717, 1.165) is 16.9 Å². The van der Waals surface area contributed by atoms with E-state index in [2.05, 4.69) is 20.9 Å². The van der Waals surface area contributed by atoms with Crippen LogP contribution in [0.4, 0.5) is 0 Å². The molecule has 0 heterocycles. The molecule has 3 N–H and O–H groups in total. The highest BCUT2D eigenvalue weighted by Gasteiger charge is 2.07. The number of amides is 1. The van der Waals surface area contributed by atoms with Gasteiger partial charge in [-0.05, 0) is 24.6 Å². The summed E-state index contributed by atoms with van der Waals surface area (Å²) in [5, 5.41) is 9.07. The van der Waals surface area contributed by atoms with E-state index < -0.39 is 0 Å². The van der Waals surface area contributed by atoms with Crippen molar-refractivity contribution in [3.8, 4) is 11.5 Å². The van der Waals surface area contributed by atoms with Gasteiger partial charge < -0.3 is 25.4 Å². The number of rotatable bonds is 9. The summed E-state index contributed by atoms with van der Waals surface area (Å²) in [4.78, 5) is 16.6. The van der Waals surface area contributed by atoms with Crippen molar-refractivity contribution in [2.24, 2.45) is 4.99 Å². The number of ether oxygens (including phenoxy) is 2. The van der Waals surface area contributed by atoms with E-state index in [-0.39, 0.29) is 36.4 Å². The van der Waals surface area contributed by atoms with Gasteiger partial charge in [0.1, 0.15) is 11.5 Å². The van der Waals surface area contributed by atoms with E-state index in [1.165, 1.54) is 0 Å². The van der Waals surface area contributed by atoms with Gasteiger partial charge in [-0.3, -0.25) is 4.79 Å². The van der Waals surface area contributed by atoms with Crippen LogP contribution < -0.4 is 25.4 Å². The number of nitrogens with zero attached hydrogens (tertiary/aromatic N) is 1. The molecule has 29 heavy (non-hydrogen) atoms. The van der Waals surface area contributed by atoms with Gasteiger partial charge in [0.15, 0.2) is 5.96 Å². The number of hydrogen-bond donors (Lipinski definition) is 3. The Morgan fingerprint density at radius 2 is 1.76 bits per heavy atom. The molecule has 0 saturated heterocycles. The molecule has 0 unspecified atom stereocenters. The molecule has 2 aromatic carbocycles. The molecule has 2 aromatic rings. The smallest absolute Gasteiger partial charge is 0.239 e. The maximum atomic E-state index is 12.1. The van der Waals surface area contributed by atoms with Crippen LogP contribution >= 0.6 is 24.0 Å². The maximum Gasteiger partial charge on any atom is 0.239 e. The van der Waals surface area contributed by atoms with Crippen LogP contribution in [0.15, 0.2) is 53.5 Å². The highest BCUT2D eigenvalue weighted by Crippen LogP contribution is 2.25. The summed E-state index contributed by atoms with van der Waals surface area (Å²) >= 11 is 0. The number of methoxy groups -OCH3 is 2. The third kappa shape index (κ3) is 8.59. The lowest BCUT2D eigenvalue weighted by molar-refractivity contribution is -0.120. The van der Waals surface area contributed by atoms with E-state index in [1.54, 1.807) is 14.2 Å². The molecule has 158 valence electrons. The Labute approximate surface area is 189 Å². The van der Waals surface area contributed by atoms with Crippen molar-refractivity contribution in [3.05, 3.63) is 59.7 Å². The molecule has 0 atom stereocenters. The Balaban J connectivity index is 0.00000420. The maximum absolute atomic E-state index is 12.1. The molecular formula is C21H29IN4O3. The van der Waals surface area contributed by atoms with Crippen molar-refractivity contribution >= 4 is 35.8 Å². The molecule has 0 aromatic heterocycles. The van der Waals surface area contributed by atoms with Crippen LogP contribution in [-0.4, -0.2) is 39.2 Å². The standard InChI is InChI=1S/C21H28N4O3.HI/c1-4-22-21(24-14-17-10-11-18(27-2)12-19(17)28-3)25-15-20(26)23-13-16-8-6-5-7-9-16;/h5-12H,4,13-15H2,1-3H3,(H,23,26)(H2,22,24,25);1H. The average Bonchev–Trinajstić information content (AvgIpc) is 2.74. The molecule has 7 nitrogen and oxygen atoms in total. The topological polar surface area (TPSA) is 84.0 Å². The molecule has 0 saturated carbocycles. The zero-order valence-electron chi connectivity index (χ0n) is 17.0. The lowest BCUT2D eigenvalue weighted by Gasteiger charge is -2.13. The second-order valence-electron chi connectivity index (χ2n) is 5.99. The summed E-state index contributed by atoms with van der Waals surface area (Å²) in [6.07, 6.45) is 0. The number of aliphatic imine (C=N–C) groups is 1. The minimum atomic E-state index is -0.100. The third-order valence-electron chi connectivity index (χ3n) is 3.99. The summed E-state index contributed by atoms with van der Waals surface area (Å²) in [7, 11) is 3.23. The van der Waals surface area contributed by atoms with Gasteiger partial charge in [-0.15, -0.1) is 24.0 Å². The Kier molecular flexibility index (Phi) is 11.6. The number of guanidine groups is 1. The fraction of sp³-hybridized carbons (Fsp3) is 0.333. The number of halogens is 1. The molecule has 0 aliphatic carbocycles. The third-order valence-corrected chi connectivity index (χ3v) is 3.99. The minimum absolute atomic E-state index is 0. The van der Waals surface area contributed by atoms with E-state index in [4.69, 9.17) is 9.47 Å². The first-order valence-corrected chi connectivity index (χ1v) is 9.20. The SMILES string of the molecule is CCNC(=NCc1ccc(OC)cc1OC)NCC(=O)NCc1ccccc1.I. The van der Waals surface area contributed by atoms with Crippen LogP contribution in [0.5, 0.6) is 11.5 Å². The fourth-order valence-corrected chi connectivity index (χ4v) is 2.51. The van der Waals surface area contributed by atoms with Gasteiger partial charge >= 0.3 is 0 Å². The molecule has 0 fully saturated rings. The van der Waals surface area contributed by atoms with Crippen LogP contribution in [0.3, 0.4) is 0 Å². The van der Waals surface area contributed by atoms with Crippen molar-refractivity contribution in [2.45, 2.75) is 20.0 Å². The Morgan fingerprint density at radius 1 is 1.00 bits per heavy atom. The van der Waals surface area contributed by atoms with Crippen molar-refractivity contribution in [1.82, 2.24) is 16.0 Å². The average molecular weight is 512 g/mol. The molecule has 8 heteroatoms. The van der Waals surface area contributed by atoms with Gasteiger partial charge in [0, 0.05) is 24.7 Å². The highest BCUT2D eigenvalue weighted by molar-refractivity contribution is 14.0. The number of benzene rings is 2. The van der Waals surface area contributed by atoms with Gasteiger partial charge in [-0.1, -0.05) is 30.3 Å². The number of nitrogens with one attached hydrogen (secondary N) is 3.